The highest BCUT2D eigenvalue weighted by Crippen LogP contribution is 2.15. The van der Waals surface area contributed by atoms with E-state index >= 15 is 0 Å². The first-order valence-electron chi connectivity index (χ1n) is 8.52. The number of carbonyl (C=O) groups excluding carboxylic acids is 2. The number of rotatable bonds is 6. The van der Waals surface area contributed by atoms with Gasteiger partial charge >= 0.3 is 0 Å². The molecule has 0 spiro atoms. The third kappa shape index (κ3) is 5.39. The summed E-state index contributed by atoms with van der Waals surface area (Å²) in [6.07, 6.45) is 0. The number of carbonyl (C=O) groups is 2. The largest absolute Gasteiger partial charge is 0.321 e. The van der Waals surface area contributed by atoms with E-state index in [4.69, 9.17) is 0 Å². The molecule has 1 unspecified atom stereocenters. The van der Waals surface area contributed by atoms with Gasteiger partial charge < -0.3 is 15.5 Å². The molecule has 0 heterocycles. The lowest BCUT2D eigenvalue weighted by Crippen LogP contribution is -3.14. The van der Waals surface area contributed by atoms with E-state index in [1.807, 2.05) is 32.0 Å². The Hall–Kier alpha value is -2.73. The first-order chi connectivity index (χ1) is 12.3. The van der Waals surface area contributed by atoms with Gasteiger partial charge in [0.2, 0.25) is 0 Å². The molecular weight excluding hydrogens is 333 g/mol. The second-order valence-corrected chi connectivity index (χ2v) is 6.61. The van der Waals surface area contributed by atoms with Crippen LogP contribution in [-0.4, -0.2) is 31.4 Å². The summed E-state index contributed by atoms with van der Waals surface area (Å²) in [5.74, 6) is -0.742. The summed E-state index contributed by atoms with van der Waals surface area (Å²) in [5.41, 5.74) is 3.37. The van der Waals surface area contributed by atoms with Gasteiger partial charge in [-0.1, -0.05) is 12.1 Å². The van der Waals surface area contributed by atoms with Gasteiger partial charge in [0.1, 0.15) is 5.82 Å². The fraction of sp³-hybridized carbons (Fsp3) is 0.300. The summed E-state index contributed by atoms with van der Waals surface area (Å²) in [5, 5.41) is 5.63. The maximum absolute atomic E-state index is 12.9. The summed E-state index contributed by atoms with van der Waals surface area (Å²) in [6, 6.07) is 11.0. The van der Waals surface area contributed by atoms with Crippen molar-refractivity contribution in [2.45, 2.75) is 26.8 Å². The van der Waals surface area contributed by atoms with Crippen LogP contribution < -0.4 is 15.5 Å². The van der Waals surface area contributed by atoms with Gasteiger partial charge in [-0.15, -0.1) is 0 Å². The van der Waals surface area contributed by atoms with Crippen LogP contribution in [0.4, 0.5) is 15.8 Å². The molecule has 2 aromatic carbocycles. The van der Waals surface area contributed by atoms with Crippen LogP contribution in [-0.2, 0) is 9.59 Å². The summed E-state index contributed by atoms with van der Waals surface area (Å²) in [6.45, 7) is 5.81. The predicted molar refractivity (Wildman–Crippen MR) is 101 cm³/mol. The Morgan fingerprint density at radius 3 is 2.38 bits per heavy atom. The Bertz CT molecular complexity index is 790. The SMILES string of the molecule is Cc1ccc(C)c(NC(=O)C[NH+](C)[C@@H](C)C(=O)Nc2ccc(F)cc2)c1. The van der Waals surface area contributed by atoms with Gasteiger partial charge in [0, 0.05) is 11.4 Å². The van der Waals surface area contributed by atoms with Crippen molar-refractivity contribution in [2.75, 3.05) is 24.2 Å². The Kier molecular flexibility index (Phi) is 6.46. The predicted octanol–water partition coefficient (Wildman–Crippen LogP) is 1.92. The minimum atomic E-state index is -0.440. The molecule has 3 N–H and O–H groups in total. The smallest absolute Gasteiger partial charge is 0.282 e. The van der Waals surface area contributed by atoms with E-state index in [2.05, 4.69) is 10.6 Å². The number of likely N-dealkylation sites (N-methyl/N-ethyl adjacent to an activating group) is 1. The van der Waals surface area contributed by atoms with Gasteiger partial charge in [-0.05, 0) is 62.2 Å². The van der Waals surface area contributed by atoms with Gasteiger partial charge in [-0.3, -0.25) is 9.59 Å². The van der Waals surface area contributed by atoms with Gasteiger partial charge in [-0.25, -0.2) is 4.39 Å². The minimum Gasteiger partial charge on any atom is -0.321 e. The number of halogens is 1. The number of hydrogen-bond acceptors (Lipinski definition) is 2. The van der Waals surface area contributed by atoms with E-state index in [1.54, 1.807) is 14.0 Å². The van der Waals surface area contributed by atoms with Crippen molar-refractivity contribution >= 4 is 23.2 Å². The van der Waals surface area contributed by atoms with E-state index in [9.17, 15) is 14.0 Å². The Morgan fingerprint density at radius 1 is 1.08 bits per heavy atom. The monoisotopic (exact) mass is 358 g/mol. The lowest BCUT2D eigenvalue weighted by Gasteiger charge is -2.21. The van der Waals surface area contributed by atoms with Crippen molar-refractivity contribution in [1.29, 1.82) is 0 Å². The molecule has 0 aromatic heterocycles. The van der Waals surface area contributed by atoms with Crippen molar-refractivity contribution < 1.29 is 18.9 Å². The molecule has 6 heteroatoms. The third-order valence-electron chi connectivity index (χ3n) is 4.35. The molecule has 0 fully saturated rings. The number of amides is 2. The minimum absolute atomic E-state index is 0.155. The molecule has 0 aliphatic carbocycles. The fourth-order valence-electron chi connectivity index (χ4n) is 2.48. The molecular formula is C20H25FN3O2+. The highest BCUT2D eigenvalue weighted by atomic mass is 19.1. The highest BCUT2D eigenvalue weighted by molar-refractivity contribution is 5.94. The molecule has 138 valence electrons. The van der Waals surface area contributed by atoms with E-state index in [1.165, 1.54) is 24.3 Å². The van der Waals surface area contributed by atoms with E-state index in [-0.39, 0.29) is 24.2 Å². The van der Waals surface area contributed by atoms with Crippen molar-refractivity contribution in [2.24, 2.45) is 0 Å². The van der Waals surface area contributed by atoms with Crippen LogP contribution in [0.15, 0.2) is 42.5 Å². The maximum atomic E-state index is 12.9. The second-order valence-electron chi connectivity index (χ2n) is 6.61. The van der Waals surface area contributed by atoms with Crippen LogP contribution in [0.3, 0.4) is 0 Å². The second kappa shape index (κ2) is 8.58. The van der Waals surface area contributed by atoms with Gasteiger partial charge in [0.25, 0.3) is 11.8 Å². The number of anilines is 2. The number of benzene rings is 2. The van der Waals surface area contributed by atoms with E-state index in [0.29, 0.717) is 5.69 Å². The zero-order valence-electron chi connectivity index (χ0n) is 15.5. The molecule has 0 radical (unpaired) electrons. The van der Waals surface area contributed by atoms with E-state index in [0.717, 1.165) is 21.7 Å². The first kappa shape index (κ1) is 19.6. The van der Waals surface area contributed by atoms with Crippen LogP contribution in [0, 0.1) is 19.7 Å². The van der Waals surface area contributed by atoms with Crippen LogP contribution in [0.25, 0.3) is 0 Å². The number of quaternary nitrogens is 1. The highest BCUT2D eigenvalue weighted by Gasteiger charge is 2.24. The van der Waals surface area contributed by atoms with Crippen LogP contribution >= 0.6 is 0 Å². The number of nitrogens with one attached hydrogen (secondary N) is 3. The van der Waals surface area contributed by atoms with Crippen molar-refractivity contribution in [3.8, 4) is 0 Å². The fourth-order valence-corrected chi connectivity index (χ4v) is 2.48. The Labute approximate surface area is 153 Å². The van der Waals surface area contributed by atoms with Crippen molar-refractivity contribution in [3.05, 3.63) is 59.4 Å². The van der Waals surface area contributed by atoms with Crippen LogP contribution in [0.1, 0.15) is 18.1 Å². The van der Waals surface area contributed by atoms with Gasteiger partial charge in [0.15, 0.2) is 12.6 Å². The summed E-state index contributed by atoms with van der Waals surface area (Å²) >= 11 is 0. The summed E-state index contributed by atoms with van der Waals surface area (Å²) in [7, 11) is 1.79. The van der Waals surface area contributed by atoms with Gasteiger partial charge in [-0.2, -0.15) is 0 Å². The molecule has 0 saturated heterocycles. The maximum Gasteiger partial charge on any atom is 0.282 e. The van der Waals surface area contributed by atoms with Crippen molar-refractivity contribution in [3.63, 3.8) is 0 Å². The summed E-state index contributed by atoms with van der Waals surface area (Å²) in [4.78, 5) is 25.4. The lowest BCUT2D eigenvalue weighted by molar-refractivity contribution is -0.885. The topological polar surface area (TPSA) is 62.6 Å². The molecule has 5 nitrogen and oxygen atoms in total. The molecule has 2 amide bonds. The first-order valence-corrected chi connectivity index (χ1v) is 8.52. The number of aryl methyl sites for hydroxylation is 2. The Balaban J connectivity index is 1.91. The van der Waals surface area contributed by atoms with Crippen LogP contribution in [0.5, 0.6) is 0 Å². The van der Waals surface area contributed by atoms with Crippen LogP contribution in [0.2, 0.25) is 0 Å². The molecule has 0 aliphatic heterocycles. The lowest BCUT2D eigenvalue weighted by atomic mass is 10.1. The van der Waals surface area contributed by atoms with Crippen molar-refractivity contribution in [1.82, 2.24) is 0 Å². The normalized spacial score (nSPS) is 13.0. The van der Waals surface area contributed by atoms with E-state index < -0.39 is 6.04 Å². The molecule has 0 bridgehead atoms. The third-order valence-corrected chi connectivity index (χ3v) is 4.35. The average Bonchev–Trinajstić information content (AvgIpc) is 2.59. The Morgan fingerprint density at radius 2 is 1.73 bits per heavy atom. The molecule has 0 saturated carbocycles. The molecule has 2 rings (SSSR count). The van der Waals surface area contributed by atoms with Gasteiger partial charge in [0.05, 0.1) is 7.05 Å². The molecule has 0 aliphatic rings. The molecule has 26 heavy (non-hydrogen) atoms. The standard InChI is InChI=1S/C20H24FN3O2/c1-13-5-6-14(2)18(11-13)23-19(25)12-24(4)15(3)20(26)22-17-9-7-16(21)8-10-17/h5-11,15H,12H2,1-4H3,(H,22,26)(H,23,25)/p+1/t15-/m0/s1. The molecule has 2 aromatic rings. The average molecular weight is 358 g/mol. The summed E-state index contributed by atoms with van der Waals surface area (Å²) < 4.78 is 12.9. The molecule has 2 atom stereocenters. The zero-order chi connectivity index (χ0) is 19.3. The number of hydrogen-bond donors (Lipinski definition) is 3. The zero-order valence-corrected chi connectivity index (χ0v) is 15.5. The quantitative estimate of drug-likeness (QED) is 0.739.